The highest BCUT2D eigenvalue weighted by atomic mass is 16.5. The molecule has 2 aromatic carbocycles. The zero-order chi connectivity index (χ0) is 20.8. The number of amides is 1. The second-order valence-electron chi connectivity index (χ2n) is 6.21. The van der Waals surface area contributed by atoms with Crippen LogP contribution in [-0.4, -0.2) is 35.0 Å². The van der Waals surface area contributed by atoms with Crippen LogP contribution in [0.1, 0.15) is 36.1 Å². The lowest BCUT2D eigenvalue weighted by Gasteiger charge is -2.14. The molecule has 0 aliphatic carbocycles. The minimum Gasteiger partial charge on any atom is -0.493 e. The van der Waals surface area contributed by atoms with E-state index in [2.05, 4.69) is 15.3 Å². The number of fused-ring (bicyclic) bond motifs is 1. The highest BCUT2D eigenvalue weighted by Gasteiger charge is 2.17. The first kappa shape index (κ1) is 20.1. The minimum atomic E-state index is -0.785. The van der Waals surface area contributed by atoms with Crippen LogP contribution in [-0.2, 0) is 9.53 Å². The molecule has 0 radical (unpaired) electrons. The zero-order valence-corrected chi connectivity index (χ0v) is 16.1. The van der Waals surface area contributed by atoms with Crippen LogP contribution in [0.25, 0.3) is 10.9 Å². The Kier molecular flexibility index (Phi) is 6.23. The number of rotatable bonds is 7. The number of aromatic nitrogens is 2. The topological polar surface area (TPSA) is 110 Å². The van der Waals surface area contributed by atoms with Crippen LogP contribution in [0.5, 0.6) is 5.75 Å². The number of aromatic amines is 1. The number of hydrogen-bond acceptors (Lipinski definition) is 6. The van der Waals surface area contributed by atoms with E-state index in [-0.39, 0.29) is 17.9 Å². The standard InChI is InChI=1S/C21H21N3O5/c1-3-28-17-11-7-5-9-15(17)20(26)22-12-18(25)29-13(2)19-23-16-10-6-4-8-14(16)21(27)24-19/h4-11,13H,3,12H2,1-2H3,(H,22,26)(H,23,24,27)/t13-/m1/s1. The normalized spacial score (nSPS) is 11.7. The summed E-state index contributed by atoms with van der Waals surface area (Å²) in [4.78, 5) is 43.6. The molecule has 0 saturated carbocycles. The van der Waals surface area contributed by atoms with Crippen molar-refractivity contribution >= 4 is 22.8 Å². The highest BCUT2D eigenvalue weighted by molar-refractivity contribution is 5.98. The summed E-state index contributed by atoms with van der Waals surface area (Å²) in [5, 5.41) is 2.96. The van der Waals surface area contributed by atoms with E-state index >= 15 is 0 Å². The number of esters is 1. The van der Waals surface area contributed by atoms with Gasteiger partial charge in [-0.05, 0) is 38.1 Å². The van der Waals surface area contributed by atoms with E-state index < -0.39 is 18.0 Å². The van der Waals surface area contributed by atoms with Crippen molar-refractivity contribution in [3.05, 3.63) is 70.3 Å². The highest BCUT2D eigenvalue weighted by Crippen LogP contribution is 2.18. The molecular formula is C21H21N3O5. The van der Waals surface area contributed by atoms with Gasteiger partial charge in [-0.3, -0.25) is 14.4 Å². The van der Waals surface area contributed by atoms with Gasteiger partial charge >= 0.3 is 5.97 Å². The summed E-state index contributed by atoms with van der Waals surface area (Å²) in [5.74, 6) is -0.436. The number of hydrogen-bond donors (Lipinski definition) is 2. The summed E-state index contributed by atoms with van der Waals surface area (Å²) in [7, 11) is 0. The van der Waals surface area contributed by atoms with Crippen molar-refractivity contribution in [1.82, 2.24) is 15.3 Å². The molecule has 1 heterocycles. The Morgan fingerprint density at radius 2 is 1.86 bits per heavy atom. The van der Waals surface area contributed by atoms with Gasteiger partial charge < -0.3 is 19.8 Å². The van der Waals surface area contributed by atoms with Crippen molar-refractivity contribution in [2.75, 3.05) is 13.2 Å². The summed E-state index contributed by atoms with van der Waals surface area (Å²) in [6, 6.07) is 13.6. The summed E-state index contributed by atoms with van der Waals surface area (Å²) in [6.45, 7) is 3.50. The molecule has 8 heteroatoms. The Hall–Kier alpha value is -3.68. The second kappa shape index (κ2) is 9.01. The molecule has 0 unspecified atom stereocenters. The van der Waals surface area contributed by atoms with Gasteiger partial charge in [0.05, 0.1) is 23.1 Å². The minimum absolute atomic E-state index is 0.232. The molecule has 150 valence electrons. The summed E-state index contributed by atoms with van der Waals surface area (Å²) < 4.78 is 10.7. The Bertz CT molecular complexity index is 1090. The fraction of sp³-hybridized carbons (Fsp3) is 0.238. The van der Waals surface area contributed by atoms with E-state index in [1.165, 1.54) is 0 Å². The van der Waals surface area contributed by atoms with Gasteiger partial charge in [0.2, 0.25) is 0 Å². The van der Waals surface area contributed by atoms with Crippen LogP contribution in [0.15, 0.2) is 53.3 Å². The maximum Gasteiger partial charge on any atom is 0.326 e. The molecule has 0 aliphatic heterocycles. The van der Waals surface area contributed by atoms with Crippen molar-refractivity contribution in [2.45, 2.75) is 20.0 Å². The molecular weight excluding hydrogens is 374 g/mol. The molecule has 0 saturated heterocycles. The predicted octanol–water partition coefficient (Wildman–Crippen LogP) is 2.36. The number of benzene rings is 2. The Labute approximate surface area is 166 Å². The van der Waals surface area contributed by atoms with Crippen molar-refractivity contribution in [3.8, 4) is 5.75 Å². The van der Waals surface area contributed by atoms with Gasteiger partial charge in [0, 0.05) is 0 Å². The van der Waals surface area contributed by atoms with Crippen molar-refractivity contribution in [1.29, 1.82) is 0 Å². The van der Waals surface area contributed by atoms with E-state index in [9.17, 15) is 14.4 Å². The second-order valence-corrected chi connectivity index (χ2v) is 6.21. The number of H-pyrrole nitrogens is 1. The molecule has 0 spiro atoms. The maximum atomic E-state index is 12.3. The molecule has 3 rings (SSSR count). The fourth-order valence-corrected chi connectivity index (χ4v) is 2.77. The monoisotopic (exact) mass is 395 g/mol. The number of para-hydroxylation sites is 2. The average molecular weight is 395 g/mol. The third-order valence-corrected chi connectivity index (χ3v) is 4.15. The largest absolute Gasteiger partial charge is 0.493 e. The third-order valence-electron chi connectivity index (χ3n) is 4.15. The quantitative estimate of drug-likeness (QED) is 0.594. The number of ether oxygens (including phenoxy) is 2. The first-order chi connectivity index (χ1) is 14.0. The van der Waals surface area contributed by atoms with Crippen molar-refractivity contribution in [3.63, 3.8) is 0 Å². The van der Waals surface area contributed by atoms with E-state index in [1.54, 1.807) is 55.5 Å². The Morgan fingerprint density at radius 3 is 2.66 bits per heavy atom. The van der Waals surface area contributed by atoms with Crippen molar-refractivity contribution in [2.24, 2.45) is 0 Å². The van der Waals surface area contributed by atoms with E-state index in [0.717, 1.165) is 0 Å². The van der Waals surface area contributed by atoms with E-state index in [4.69, 9.17) is 9.47 Å². The van der Waals surface area contributed by atoms with Crippen LogP contribution in [0.3, 0.4) is 0 Å². The van der Waals surface area contributed by atoms with Crippen LogP contribution >= 0.6 is 0 Å². The fourth-order valence-electron chi connectivity index (χ4n) is 2.77. The van der Waals surface area contributed by atoms with Crippen LogP contribution in [0.2, 0.25) is 0 Å². The first-order valence-corrected chi connectivity index (χ1v) is 9.18. The molecule has 1 aromatic heterocycles. The smallest absolute Gasteiger partial charge is 0.326 e. The molecule has 1 atom stereocenters. The lowest BCUT2D eigenvalue weighted by molar-refractivity contribution is -0.147. The number of nitrogens with zero attached hydrogens (tertiary/aromatic N) is 1. The van der Waals surface area contributed by atoms with E-state index in [1.807, 2.05) is 6.92 Å². The SMILES string of the molecule is CCOc1ccccc1C(=O)NCC(=O)O[C@H](C)c1nc2ccccc2c(=O)[nH]1. The molecule has 0 fully saturated rings. The van der Waals surface area contributed by atoms with Gasteiger partial charge in [0.1, 0.15) is 12.3 Å². The van der Waals surface area contributed by atoms with Gasteiger partial charge in [-0.1, -0.05) is 24.3 Å². The number of carbonyl (C=O) groups excluding carboxylic acids is 2. The third kappa shape index (κ3) is 4.78. The van der Waals surface area contributed by atoms with E-state index in [0.29, 0.717) is 28.8 Å². The lowest BCUT2D eigenvalue weighted by atomic mass is 10.2. The summed E-state index contributed by atoms with van der Waals surface area (Å²) in [6.07, 6.45) is -0.785. The Balaban J connectivity index is 1.62. The van der Waals surface area contributed by atoms with Gasteiger partial charge in [0.25, 0.3) is 11.5 Å². The maximum absolute atomic E-state index is 12.3. The molecule has 0 bridgehead atoms. The molecule has 3 aromatic rings. The van der Waals surface area contributed by atoms with Crippen LogP contribution in [0, 0.1) is 0 Å². The van der Waals surface area contributed by atoms with Crippen LogP contribution < -0.4 is 15.6 Å². The summed E-state index contributed by atoms with van der Waals surface area (Å²) in [5.41, 5.74) is 0.528. The first-order valence-electron chi connectivity index (χ1n) is 9.18. The molecule has 0 aliphatic rings. The Morgan fingerprint density at radius 1 is 1.14 bits per heavy atom. The van der Waals surface area contributed by atoms with Gasteiger partial charge in [-0.15, -0.1) is 0 Å². The zero-order valence-electron chi connectivity index (χ0n) is 16.1. The lowest BCUT2D eigenvalue weighted by Crippen LogP contribution is -2.31. The molecule has 2 N–H and O–H groups in total. The van der Waals surface area contributed by atoms with Gasteiger partial charge in [0.15, 0.2) is 11.9 Å². The van der Waals surface area contributed by atoms with Crippen molar-refractivity contribution < 1.29 is 19.1 Å². The number of nitrogens with one attached hydrogen (secondary N) is 2. The van der Waals surface area contributed by atoms with Gasteiger partial charge in [-0.25, -0.2) is 4.98 Å². The molecule has 8 nitrogen and oxygen atoms in total. The van der Waals surface area contributed by atoms with Gasteiger partial charge in [-0.2, -0.15) is 0 Å². The number of carbonyl (C=O) groups is 2. The van der Waals surface area contributed by atoms with Crippen LogP contribution in [0.4, 0.5) is 0 Å². The summed E-state index contributed by atoms with van der Waals surface area (Å²) >= 11 is 0. The predicted molar refractivity (Wildman–Crippen MR) is 107 cm³/mol. The molecule has 29 heavy (non-hydrogen) atoms. The average Bonchev–Trinajstić information content (AvgIpc) is 2.72. The molecule has 1 amide bonds.